The van der Waals surface area contributed by atoms with Gasteiger partial charge in [-0.1, -0.05) is 55.2 Å². The number of aromatic nitrogens is 2. The Hall–Kier alpha value is -2.82. The molecule has 2 aliphatic carbocycles. The van der Waals surface area contributed by atoms with Crippen molar-refractivity contribution in [2.24, 2.45) is 0 Å². The average Bonchev–Trinajstić information content (AvgIpc) is 3.39. The van der Waals surface area contributed by atoms with Crippen LogP contribution in [0.25, 0.3) is 34.4 Å². The van der Waals surface area contributed by atoms with Crippen molar-refractivity contribution in [2.45, 2.75) is 38.5 Å². The van der Waals surface area contributed by atoms with E-state index in [2.05, 4.69) is 116 Å². The van der Waals surface area contributed by atoms with Gasteiger partial charge in [0.05, 0.1) is 0 Å². The summed E-state index contributed by atoms with van der Waals surface area (Å²) in [4.78, 5) is 8.38. The smallest absolute Gasteiger partial charge is 0.0273 e. The highest BCUT2D eigenvalue weighted by Gasteiger charge is 2.29. The number of hydrogen-bond donors (Lipinski definition) is 0. The second kappa shape index (κ2) is 9.57. The summed E-state index contributed by atoms with van der Waals surface area (Å²) in [7, 11) is 0. The van der Waals surface area contributed by atoms with E-state index in [0.29, 0.717) is 11.8 Å². The first-order valence-electron chi connectivity index (χ1n) is 12.3. The molecule has 0 bridgehead atoms. The molecule has 2 unspecified atom stereocenters. The van der Waals surface area contributed by atoms with Crippen LogP contribution in [0.1, 0.15) is 60.8 Å². The van der Waals surface area contributed by atoms with Gasteiger partial charge in [-0.05, 0) is 120 Å². The first-order chi connectivity index (χ1) is 17.5. The van der Waals surface area contributed by atoms with E-state index in [0.717, 1.165) is 12.8 Å². The number of nitrogens with zero attached hydrogens (tertiary/aromatic N) is 2. The van der Waals surface area contributed by atoms with E-state index in [9.17, 15) is 0 Å². The van der Waals surface area contributed by atoms with Gasteiger partial charge in [-0.2, -0.15) is 0 Å². The minimum absolute atomic E-state index is 0.432. The van der Waals surface area contributed by atoms with Gasteiger partial charge in [0.2, 0.25) is 0 Å². The summed E-state index contributed by atoms with van der Waals surface area (Å²) in [5.41, 5.74) is 13.3. The Morgan fingerprint density at radius 2 is 0.972 bits per heavy atom. The summed E-state index contributed by atoms with van der Waals surface area (Å²) in [5.74, 6) is 0.864. The Morgan fingerprint density at radius 1 is 0.583 bits per heavy atom. The molecule has 2 nitrogen and oxygen atoms in total. The minimum atomic E-state index is 0.432. The lowest BCUT2D eigenvalue weighted by Crippen LogP contribution is -2.04. The molecule has 2 heterocycles. The molecule has 6 rings (SSSR count). The van der Waals surface area contributed by atoms with Crippen LogP contribution in [-0.4, -0.2) is 9.97 Å². The molecular weight excluding hydrogens is 572 g/mol. The van der Waals surface area contributed by atoms with Crippen LogP contribution in [0.4, 0.5) is 0 Å². The first kappa shape index (κ1) is 23.6. The molecule has 4 aromatic rings. The predicted octanol–water partition coefficient (Wildman–Crippen LogP) is 9.82. The quantitative estimate of drug-likeness (QED) is 0.229. The average molecular weight is 598 g/mol. The van der Waals surface area contributed by atoms with E-state index < -0.39 is 0 Å². The SMILES string of the molecule is CC1=Cc2c(Br)cc(-c3ccncc3)cc2C1CCC1C(C)=Cc2c(Br)cc(-c3ccncc3)cc21. The summed E-state index contributed by atoms with van der Waals surface area (Å²) >= 11 is 7.72. The molecule has 0 aliphatic heterocycles. The Balaban J connectivity index is 1.30. The Morgan fingerprint density at radius 3 is 1.36 bits per heavy atom. The lowest BCUT2D eigenvalue weighted by Gasteiger charge is -2.21. The van der Waals surface area contributed by atoms with Crippen LogP contribution < -0.4 is 0 Å². The zero-order valence-electron chi connectivity index (χ0n) is 20.3. The highest BCUT2D eigenvalue weighted by Crippen LogP contribution is 2.48. The van der Waals surface area contributed by atoms with Gasteiger partial charge in [-0.15, -0.1) is 0 Å². The topological polar surface area (TPSA) is 25.8 Å². The van der Waals surface area contributed by atoms with E-state index in [1.807, 2.05) is 24.8 Å². The van der Waals surface area contributed by atoms with Gasteiger partial charge in [0, 0.05) is 45.6 Å². The van der Waals surface area contributed by atoms with Crippen molar-refractivity contribution in [2.75, 3.05) is 0 Å². The zero-order chi connectivity index (χ0) is 24.8. The molecule has 0 saturated heterocycles. The lowest BCUT2D eigenvalue weighted by molar-refractivity contribution is 0.611. The monoisotopic (exact) mass is 596 g/mol. The number of benzene rings is 2. The molecule has 2 aromatic carbocycles. The van der Waals surface area contributed by atoms with Crippen LogP contribution in [0.15, 0.2) is 93.4 Å². The predicted molar refractivity (Wildman–Crippen MR) is 157 cm³/mol. The van der Waals surface area contributed by atoms with E-state index in [4.69, 9.17) is 0 Å². The van der Waals surface area contributed by atoms with Crippen molar-refractivity contribution in [1.29, 1.82) is 0 Å². The molecule has 2 atom stereocenters. The molecule has 0 fully saturated rings. The summed E-state index contributed by atoms with van der Waals surface area (Å²) in [6.07, 6.45) is 14.4. The van der Waals surface area contributed by atoms with Gasteiger partial charge in [0.1, 0.15) is 0 Å². The standard InChI is InChI=1S/C32H26Br2N2/c1-19-13-29-27(15-23(17-31(29)33)21-5-9-35-10-6-21)25(19)3-4-26-20(2)14-30-28(26)16-24(18-32(30)34)22-7-11-36-12-8-22/h5-18,25-26H,3-4H2,1-2H3. The van der Waals surface area contributed by atoms with Crippen molar-refractivity contribution >= 4 is 44.0 Å². The maximum atomic E-state index is 4.19. The van der Waals surface area contributed by atoms with Gasteiger partial charge < -0.3 is 0 Å². The van der Waals surface area contributed by atoms with Crippen molar-refractivity contribution in [3.05, 3.63) is 116 Å². The van der Waals surface area contributed by atoms with Gasteiger partial charge in [-0.3, -0.25) is 9.97 Å². The highest BCUT2D eigenvalue weighted by atomic mass is 79.9. The summed E-state index contributed by atoms with van der Waals surface area (Å²) in [5, 5.41) is 0. The van der Waals surface area contributed by atoms with Crippen LogP contribution in [0.5, 0.6) is 0 Å². The fraction of sp³-hybridized carbons (Fsp3) is 0.188. The van der Waals surface area contributed by atoms with Crippen molar-refractivity contribution in [3.63, 3.8) is 0 Å². The molecule has 4 heteroatoms. The molecule has 36 heavy (non-hydrogen) atoms. The molecular formula is C32H26Br2N2. The van der Waals surface area contributed by atoms with Crippen molar-refractivity contribution in [1.82, 2.24) is 9.97 Å². The summed E-state index contributed by atoms with van der Waals surface area (Å²) < 4.78 is 2.34. The fourth-order valence-corrected chi connectivity index (χ4v) is 7.01. The van der Waals surface area contributed by atoms with Crippen LogP contribution in [0.2, 0.25) is 0 Å². The molecule has 0 spiro atoms. The third-order valence-electron chi connectivity index (χ3n) is 7.69. The zero-order valence-corrected chi connectivity index (χ0v) is 23.5. The Kier molecular flexibility index (Phi) is 6.27. The largest absolute Gasteiger partial charge is 0.265 e. The fourth-order valence-electron chi connectivity index (χ4n) is 5.83. The summed E-state index contributed by atoms with van der Waals surface area (Å²) in [6.45, 7) is 4.57. The number of hydrogen-bond acceptors (Lipinski definition) is 2. The molecule has 0 saturated carbocycles. The van der Waals surface area contributed by atoms with Gasteiger partial charge in [-0.25, -0.2) is 0 Å². The van der Waals surface area contributed by atoms with E-state index >= 15 is 0 Å². The van der Waals surface area contributed by atoms with Crippen LogP contribution in [0.3, 0.4) is 0 Å². The van der Waals surface area contributed by atoms with Crippen molar-refractivity contribution < 1.29 is 0 Å². The maximum Gasteiger partial charge on any atom is 0.0273 e. The van der Waals surface area contributed by atoms with Gasteiger partial charge >= 0.3 is 0 Å². The number of fused-ring (bicyclic) bond motifs is 2. The lowest BCUT2D eigenvalue weighted by atomic mass is 9.83. The van der Waals surface area contributed by atoms with Crippen LogP contribution in [0, 0.1) is 0 Å². The Bertz CT molecular complexity index is 1400. The van der Waals surface area contributed by atoms with E-state index in [-0.39, 0.29) is 0 Å². The first-order valence-corrected chi connectivity index (χ1v) is 13.9. The minimum Gasteiger partial charge on any atom is -0.265 e. The number of rotatable bonds is 5. The molecule has 178 valence electrons. The van der Waals surface area contributed by atoms with Gasteiger partial charge in [0.15, 0.2) is 0 Å². The second-order valence-electron chi connectivity index (χ2n) is 9.85. The van der Waals surface area contributed by atoms with Crippen molar-refractivity contribution in [3.8, 4) is 22.3 Å². The second-order valence-corrected chi connectivity index (χ2v) is 11.6. The van der Waals surface area contributed by atoms with Gasteiger partial charge in [0.25, 0.3) is 0 Å². The van der Waals surface area contributed by atoms with Crippen LogP contribution in [-0.2, 0) is 0 Å². The van der Waals surface area contributed by atoms with Crippen LogP contribution >= 0.6 is 31.9 Å². The Labute approximate surface area is 229 Å². The molecule has 0 amide bonds. The van der Waals surface area contributed by atoms with E-state index in [1.54, 1.807) is 0 Å². The number of allylic oxidation sites excluding steroid dienone is 2. The number of halogens is 2. The molecule has 0 radical (unpaired) electrons. The summed E-state index contributed by atoms with van der Waals surface area (Å²) in [6, 6.07) is 17.6. The van der Waals surface area contributed by atoms with E-state index in [1.165, 1.54) is 64.6 Å². The molecule has 0 N–H and O–H groups in total. The number of pyridine rings is 2. The molecule has 2 aliphatic rings. The highest BCUT2D eigenvalue weighted by molar-refractivity contribution is 9.10. The molecule has 2 aromatic heterocycles. The third-order valence-corrected chi connectivity index (χ3v) is 9.00. The maximum absolute atomic E-state index is 4.19. The normalized spacial score (nSPS) is 18.0. The third kappa shape index (κ3) is 4.21.